The quantitative estimate of drug-likeness (QED) is 0.548. The van der Waals surface area contributed by atoms with E-state index < -0.39 is 0 Å². The number of carbonyl (C=O) groups excluding carboxylic acids is 1. The van der Waals surface area contributed by atoms with Crippen LogP contribution in [0.5, 0.6) is 0 Å². The van der Waals surface area contributed by atoms with Crippen LogP contribution in [0, 0.1) is 6.92 Å². The normalized spacial score (nSPS) is 10.3. The minimum Gasteiger partial charge on any atom is -0.312 e. The number of aromatic nitrogens is 1. The molecule has 0 bridgehead atoms. The molecule has 0 aliphatic carbocycles. The Labute approximate surface area is 89.7 Å². The zero-order chi connectivity index (χ0) is 11.3. The van der Waals surface area contributed by atoms with Gasteiger partial charge in [-0.2, -0.15) is 0 Å². The summed E-state index contributed by atoms with van der Waals surface area (Å²) in [5.74, 6) is 0. The smallest absolute Gasteiger partial charge is 0.261 e. The van der Waals surface area contributed by atoms with Crippen molar-refractivity contribution >= 4 is 6.29 Å². The third kappa shape index (κ3) is 2.78. The van der Waals surface area contributed by atoms with Gasteiger partial charge in [0.05, 0.1) is 5.56 Å². The zero-order valence-electron chi connectivity index (χ0n) is 9.32. The molecule has 0 aliphatic rings. The summed E-state index contributed by atoms with van der Waals surface area (Å²) in [5, 5.41) is 0. The lowest BCUT2D eigenvalue weighted by Crippen LogP contribution is -2.25. The molecular formula is C12H17NO2. The number of aldehydes is 1. The van der Waals surface area contributed by atoms with Crippen LogP contribution in [-0.2, 0) is 6.54 Å². The molecular weight excluding hydrogens is 190 g/mol. The Hall–Kier alpha value is -1.38. The number of pyridine rings is 1. The van der Waals surface area contributed by atoms with Crippen molar-refractivity contribution in [1.29, 1.82) is 0 Å². The Bertz CT molecular complexity index is 393. The van der Waals surface area contributed by atoms with E-state index in [0.29, 0.717) is 12.8 Å². The molecule has 1 rings (SSSR count). The fourth-order valence-corrected chi connectivity index (χ4v) is 1.58. The summed E-state index contributed by atoms with van der Waals surface area (Å²) < 4.78 is 1.68. The maximum atomic E-state index is 11.7. The predicted molar refractivity (Wildman–Crippen MR) is 60.4 cm³/mol. The summed E-state index contributed by atoms with van der Waals surface area (Å²) in [5.41, 5.74) is 1.000. The van der Waals surface area contributed by atoms with E-state index in [1.165, 1.54) is 0 Å². The molecule has 1 aromatic heterocycles. The monoisotopic (exact) mass is 207 g/mol. The first-order chi connectivity index (χ1) is 7.20. The van der Waals surface area contributed by atoms with Gasteiger partial charge in [0.2, 0.25) is 0 Å². The second kappa shape index (κ2) is 5.49. The first-order valence-corrected chi connectivity index (χ1v) is 5.36. The van der Waals surface area contributed by atoms with Gasteiger partial charge in [0.1, 0.15) is 0 Å². The second-order valence-corrected chi connectivity index (χ2v) is 3.71. The standard InChI is InChI=1S/C12H17NO2/c1-3-4-5-8-13-10(2)6-7-11(9-14)12(13)15/h6-7,9H,3-5,8H2,1-2H3. The highest BCUT2D eigenvalue weighted by Gasteiger charge is 2.04. The van der Waals surface area contributed by atoms with Crippen molar-refractivity contribution in [3.8, 4) is 0 Å². The van der Waals surface area contributed by atoms with Crippen molar-refractivity contribution < 1.29 is 4.79 Å². The molecule has 15 heavy (non-hydrogen) atoms. The van der Waals surface area contributed by atoms with Gasteiger partial charge in [0.25, 0.3) is 5.56 Å². The molecule has 0 saturated carbocycles. The summed E-state index contributed by atoms with van der Waals surface area (Å²) >= 11 is 0. The van der Waals surface area contributed by atoms with E-state index in [2.05, 4.69) is 6.92 Å². The molecule has 0 fully saturated rings. The lowest BCUT2D eigenvalue weighted by atomic mass is 10.2. The summed E-state index contributed by atoms with van der Waals surface area (Å²) in [6.45, 7) is 4.72. The molecule has 0 unspecified atom stereocenters. The molecule has 3 nitrogen and oxygen atoms in total. The first-order valence-electron chi connectivity index (χ1n) is 5.36. The van der Waals surface area contributed by atoms with Crippen LogP contribution < -0.4 is 5.56 Å². The van der Waals surface area contributed by atoms with Gasteiger partial charge in [-0.25, -0.2) is 0 Å². The van der Waals surface area contributed by atoms with E-state index >= 15 is 0 Å². The van der Waals surface area contributed by atoms with Gasteiger partial charge in [-0.15, -0.1) is 0 Å². The van der Waals surface area contributed by atoms with Crippen LogP contribution in [0.25, 0.3) is 0 Å². The summed E-state index contributed by atoms with van der Waals surface area (Å²) in [6.07, 6.45) is 3.84. The molecule has 0 N–H and O–H groups in total. The van der Waals surface area contributed by atoms with E-state index in [1.54, 1.807) is 10.6 Å². The van der Waals surface area contributed by atoms with E-state index in [0.717, 1.165) is 25.0 Å². The maximum absolute atomic E-state index is 11.7. The SMILES string of the molecule is CCCCCn1c(C)ccc(C=O)c1=O. The Morgan fingerprint density at radius 3 is 2.67 bits per heavy atom. The Kier molecular flexibility index (Phi) is 4.28. The van der Waals surface area contributed by atoms with Crippen molar-refractivity contribution in [2.45, 2.75) is 39.7 Å². The highest BCUT2D eigenvalue weighted by Crippen LogP contribution is 2.01. The third-order valence-corrected chi connectivity index (χ3v) is 2.53. The summed E-state index contributed by atoms with van der Waals surface area (Å²) in [4.78, 5) is 22.4. The maximum Gasteiger partial charge on any atom is 0.261 e. The Morgan fingerprint density at radius 1 is 1.33 bits per heavy atom. The summed E-state index contributed by atoms with van der Waals surface area (Å²) in [6, 6.07) is 3.40. The topological polar surface area (TPSA) is 39.1 Å². The van der Waals surface area contributed by atoms with Crippen molar-refractivity contribution in [3.05, 3.63) is 33.7 Å². The minimum atomic E-state index is -0.166. The summed E-state index contributed by atoms with van der Waals surface area (Å²) in [7, 11) is 0. The Balaban J connectivity index is 2.94. The van der Waals surface area contributed by atoms with Gasteiger partial charge in [0, 0.05) is 12.2 Å². The van der Waals surface area contributed by atoms with Crippen LogP contribution >= 0.6 is 0 Å². The molecule has 0 amide bonds. The largest absolute Gasteiger partial charge is 0.312 e. The lowest BCUT2D eigenvalue weighted by Gasteiger charge is -2.09. The van der Waals surface area contributed by atoms with Crippen molar-refractivity contribution in [3.63, 3.8) is 0 Å². The number of carbonyl (C=O) groups is 1. The van der Waals surface area contributed by atoms with Crippen LogP contribution in [0.2, 0.25) is 0 Å². The van der Waals surface area contributed by atoms with Crippen molar-refractivity contribution in [1.82, 2.24) is 4.57 Å². The van der Waals surface area contributed by atoms with Crippen molar-refractivity contribution in [2.75, 3.05) is 0 Å². The number of hydrogen-bond acceptors (Lipinski definition) is 2. The zero-order valence-corrected chi connectivity index (χ0v) is 9.32. The lowest BCUT2D eigenvalue weighted by molar-refractivity contribution is 0.112. The molecule has 0 radical (unpaired) electrons. The van der Waals surface area contributed by atoms with E-state index in [4.69, 9.17) is 0 Å². The van der Waals surface area contributed by atoms with E-state index in [1.807, 2.05) is 13.0 Å². The highest BCUT2D eigenvalue weighted by molar-refractivity contribution is 5.73. The van der Waals surface area contributed by atoms with Gasteiger partial charge in [-0.3, -0.25) is 9.59 Å². The second-order valence-electron chi connectivity index (χ2n) is 3.71. The average molecular weight is 207 g/mol. The van der Waals surface area contributed by atoms with Crippen LogP contribution in [-0.4, -0.2) is 10.9 Å². The van der Waals surface area contributed by atoms with Gasteiger partial charge in [-0.1, -0.05) is 19.8 Å². The number of aryl methyl sites for hydroxylation is 1. The molecule has 0 atom stereocenters. The van der Waals surface area contributed by atoms with Gasteiger partial charge in [0.15, 0.2) is 6.29 Å². The van der Waals surface area contributed by atoms with Crippen LogP contribution in [0.4, 0.5) is 0 Å². The number of unbranched alkanes of at least 4 members (excludes halogenated alkanes) is 2. The number of rotatable bonds is 5. The first kappa shape index (κ1) is 11.7. The van der Waals surface area contributed by atoms with Crippen molar-refractivity contribution in [2.24, 2.45) is 0 Å². The van der Waals surface area contributed by atoms with Gasteiger partial charge < -0.3 is 4.57 Å². The predicted octanol–water partition coefficient (Wildman–Crippen LogP) is 2.16. The van der Waals surface area contributed by atoms with E-state index in [9.17, 15) is 9.59 Å². The highest BCUT2D eigenvalue weighted by atomic mass is 16.1. The van der Waals surface area contributed by atoms with Crippen LogP contribution in [0.3, 0.4) is 0 Å². The number of nitrogens with zero attached hydrogens (tertiary/aromatic N) is 1. The molecule has 0 saturated heterocycles. The fourth-order valence-electron chi connectivity index (χ4n) is 1.58. The molecule has 0 spiro atoms. The molecule has 0 aromatic carbocycles. The molecule has 3 heteroatoms. The molecule has 1 heterocycles. The van der Waals surface area contributed by atoms with Gasteiger partial charge in [-0.05, 0) is 25.5 Å². The third-order valence-electron chi connectivity index (χ3n) is 2.53. The fraction of sp³-hybridized carbons (Fsp3) is 0.500. The molecule has 1 aromatic rings. The van der Waals surface area contributed by atoms with Gasteiger partial charge >= 0.3 is 0 Å². The molecule has 82 valence electrons. The minimum absolute atomic E-state index is 0.166. The average Bonchev–Trinajstić information content (AvgIpc) is 2.23. The Morgan fingerprint density at radius 2 is 2.07 bits per heavy atom. The number of hydrogen-bond donors (Lipinski definition) is 0. The molecule has 0 aliphatic heterocycles. The van der Waals surface area contributed by atoms with Crippen LogP contribution in [0.1, 0.15) is 42.2 Å². The van der Waals surface area contributed by atoms with E-state index in [-0.39, 0.29) is 11.1 Å². The van der Waals surface area contributed by atoms with Crippen LogP contribution in [0.15, 0.2) is 16.9 Å².